The van der Waals surface area contributed by atoms with Crippen molar-refractivity contribution in [3.05, 3.63) is 54.6 Å². The molecule has 2 amide bonds. The molecule has 32 heavy (non-hydrogen) atoms. The minimum absolute atomic E-state index is 0.287. The Morgan fingerprint density at radius 2 is 1.34 bits per heavy atom. The van der Waals surface area contributed by atoms with Gasteiger partial charge in [0.2, 0.25) is 0 Å². The second kappa shape index (κ2) is 7.73. The van der Waals surface area contributed by atoms with Gasteiger partial charge in [0.05, 0.1) is 11.4 Å². The summed E-state index contributed by atoms with van der Waals surface area (Å²) in [4.78, 5) is 30.2. The van der Waals surface area contributed by atoms with E-state index < -0.39 is 6.04 Å². The lowest BCUT2D eigenvalue weighted by Crippen LogP contribution is -2.51. The van der Waals surface area contributed by atoms with Gasteiger partial charge in [-0.1, -0.05) is 30.3 Å². The lowest BCUT2D eigenvalue weighted by atomic mass is 9.51. The number of rotatable bonds is 4. The van der Waals surface area contributed by atoms with Gasteiger partial charge in [-0.25, -0.2) is 0 Å². The number of amides is 2. The Labute approximate surface area is 189 Å². The van der Waals surface area contributed by atoms with Crippen molar-refractivity contribution in [2.45, 2.75) is 44.6 Å². The van der Waals surface area contributed by atoms with Gasteiger partial charge in [-0.15, -0.1) is 0 Å². The van der Waals surface area contributed by atoms with E-state index in [0.29, 0.717) is 12.5 Å². The van der Waals surface area contributed by atoms with Crippen molar-refractivity contribution in [1.29, 1.82) is 0 Å². The third kappa shape index (κ3) is 3.17. The van der Waals surface area contributed by atoms with Crippen molar-refractivity contribution in [2.75, 3.05) is 16.3 Å². The van der Waals surface area contributed by atoms with E-state index in [1.165, 1.54) is 32.1 Å². The van der Waals surface area contributed by atoms with Gasteiger partial charge in [0, 0.05) is 12.2 Å². The van der Waals surface area contributed by atoms with Crippen LogP contribution in [0.15, 0.2) is 54.6 Å². The molecule has 1 aliphatic heterocycles. The zero-order chi connectivity index (χ0) is 21.8. The summed E-state index contributed by atoms with van der Waals surface area (Å²) in [5.41, 5.74) is 8.51. The number of hydrogen-bond acceptors (Lipinski definition) is 3. The summed E-state index contributed by atoms with van der Waals surface area (Å²) in [6, 6.07) is 16.0. The minimum atomic E-state index is -1.19. The maximum absolute atomic E-state index is 13.4. The number of fused-ring (bicyclic) bond motifs is 1. The maximum atomic E-state index is 13.4. The van der Waals surface area contributed by atoms with Gasteiger partial charge in [0.1, 0.15) is 0 Å². The Balaban J connectivity index is 1.32. The summed E-state index contributed by atoms with van der Waals surface area (Å²) in [6.45, 7) is 0.631. The van der Waals surface area contributed by atoms with Crippen molar-refractivity contribution in [3.63, 3.8) is 0 Å². The predicted octanol–water partition coefficient (Wildman–Crippen LogP) is 4.49. The number of anilines is 3. The van der Waals surface area contributed by atoms with Crippen molar-refractivity contribution in [1.82, 2.24) is 0 Å². The Morgan fingerprint density at radius 1 is 0.750 bits per heavy atom. The van der Waals surface area contributed by atoms with E-state index in [4.69, 9.17) is 5.73 Å². The zero-order valence-corrected chi connectivity index (χ0v) is 18.4. The number of nitrogens with two attached hydrogens (primary N) is 1. The lowest BCUT2D eigenvalue weighted by Gasteiger charge is -2.54. The largest absolute Gasteiger partial charge is 0.312 e. The third-order valence-corrected chi connectivity index (χ3v) is 8.55. The molecule has 0 radical (unpaired) electrons. The molecule has 4 aliphatic carbocycles. The summed E-state index contributed by atoms with van der Waals surface area (Å²) in [7, 11) is 0. The molecule has 2 aromatic rings. The molecule has 0 saturated heterocycles. The molecule has 1 unspecified atom stereocenters. The summed E-state index contributed by atoms with van der Waals surface area (Å²) in [5, 5.41) is 0. The Kier molecular flexibility index (Phi) is 4.83. The second-order valence-corrected chi connectivity index (χ2v) is 10.3. The van der Waals surface area contributed by atoms with Gasteiger partial charge in [0.15, 0.2) is 6.04 Å². The summed E-state index contributed by atoms with van der Waals surface area (Å²) >= 11 is 0. The Morgan fingerprint density at radius 3 is 2.00 bits per heavy atom. The van der Waals surface area contributed by atoms with E-state index in [-0.39, 0.29) is 11.8 Å². The molecule has 7 rings (SSSR count). The van der Waals surface area contributed by atoms with Gasteiger partial charge < -0.3 is 10.6 Å². The second-order valence-electron chi connectivity index (χ2n) is 10.3. The van der Waals surface area contributed by atoms with E-state index in [9.17, 15) is 9.59 Å². The van der Waals surface area contributed by atoms with Gasteiger partial charge in [-0.2, -0.15) is 0 Å². The molecule has 5 nitrogen and oxygen atoms in total. The van der Waals surface area contributed by atoms with Crippen molar-refractivity contribution in [2.24, 2.45) is 35.3 Å². The van der Waals surface area contributed by atoms with Crippen LogP contribution in [-0.2, 0) is 9.59 Å². The van der Waals surface area contributed by atoms with Crippen LogP contribution in [0.5, 0.6) is 0 Å². The topological polar surface area (TPSA) is 66.6 Å². The first-order valence-electron chi connectivity index (χ1n) is 12.1. The monoisotopic (exact) mass is 429 g/mol. The van der Waals surface area contributed by atoms with Crippen molar-refractivity contribution < 1.29 is 9.59 Å². The van der Waals surface area contributed by atoms with Crippen LogP contribution in [0.3, 0.4) is 0 Å². The van der Waals surface area contributed by atoms with Crippen LogP contribution in [0, 0.1) is 29.6 Å². The van der Waals surface area contributed by atoms with Crippen LogP contribution in [-0.4, -0.2) is 24.4 Å². The van der Waals surface area contributed by atoms with E-state index >= 15 is 0 Å². The van der Waals surface area contributed by atoms with Crippen LogP contribution >= 0.6 is 0 Å². The molecule has 2 N–H and O–H groups in total. The SMILES string of the molecule is NC1C(=O)N(CCC2C3CC4CC(C3)CC2C4)c2ccccc2N(c2ccccc2)C1=O. The highest BCUT2D eigenvalue weighted by Crippen LogP contribution is 2.57. The normalized spacial score (nSPS) is 33.4. The number of hydrogen-bond donors (Lipinski definition) is 1. The fourth-order valence-corrected chi connectivity index (χ4v) is 7.39. The molecule has 2 aromatic carbocycles. The first-order chi connectivity index (χ1) is 15.6. The molecule has 4 fully saturated rings. The van der Waals surface area contributed by atoms with Crippen molar-refractivity contribution >= 4 is 28.9 Å². The van der Waals surface area contributed by atoms with Crippen LogP contribution in [0.25, 0.3) is 0 Å². The third-order valence-electron chi connectivity index (χ3n) is 8.55. The number of nitrogens with zero attached hydrogens (tertiary/aromatic N) is 2. The highest BCUT2D eigenvalue weighted by Gasteiger charge is 2.48. The molecular formula is C27H31N3O2. The van der Waals surface area contributed by atoms with Gasteiger partial charge in [-0.05, 0) is 92.4 Å². The van der Waals surface area contributed by atoms with Crippen LogP contribution < -0.4 is 15.5 Å². The fourth-order valence-electron chi connectivity index (χ4n) is 7.39. The number of benzene rings is 2. The van der Waals surface area contributed by atoms with Crippen LogP contribution in [0.4, 0.5) is 17.1 Å². The zero-order valence-electron chi connectivity index (χ0n) is 18.4. The number of carbonyl (C=O) groups is 2. The highest BCUT2D eigenvalue weighted by atomic mass is 16.2. The summed E-state index contributed by atoms with van der Waals surface area (Å²) in [6.07, 6.45) is 7.96. The van der Waals surface area contributed by atoms with E-state index in [0.717, 1.165) is 47.2 Å². The molecular weight excluding hydrogens is 398 g/mol. The highest BCUT2D eigenvalue weighted by molar-refractivity contribution is 6.22. The summed E-state index contributed by atoms with van der Waals surface area (Å²) in [5.74, 6) is 3.57. The summed E-state index contributed by atoms with van der Waals surface area (Å²) < 4.78 is 0. The average Bonchev–Trinajstić information content (AvgIpc) is 2.88. The molecule has 4 saturated carbocycles. The van der Waals surface area contributed by atoms with Gasteiger partial charge in [0.25, 0.3) is 11.8 Å². The smallest absolute Gasteiger partial charge is 0.258 e. The molecule has 166 valence electrons. The maximum Gasteiger partial charge on any atom is 0.258 e. The molecule has 5 heteroatoms. The molecule has 5 aliphatic rings. The first kappa shape index (κ1) is 20.0. The number of para-hydroxylation sites is 3. The van der Waals surface area contributed by atoms with E-state index in [1.54, 1.807) is 9.80 Å². The molecule has 1 heterocycles. The lowest BCUT2D eigenvalue weighted by molar-refractivity contribution is -0.127. The van der Waals surface area contributed by atoms with E-state index in [1.807, 2.05) is 54.6 Å². The molecule has 1 atom stereocenters. The van der Waals surface area contributed by atoms with Gasteiger partial charge in [-0.3, -0.25) is 14.5 Å². The van der Waals surface area contributed by atoms with Crippen LogP contribution in [0.1, 0.15) is 38.5 Å². The molecule has 0 aromatic heterocycles. The number of carbonyl (C=O) groups excluding carboxylic acids is 2. The Bertz CT molecular complexity index is 1010. The predicted molar refractivity (Wildman–Crippen MR) is 126 cm³/mol. The van der Waals surface area contributed by atoms with E-state index in [2.05, 4.69) is 0 Å². The average molecular weight is 430 g/mol. The van der Waals surface area contributed by atoms with Crippen LogP contribution in [0.2, 0.25) is 0 Å². The minimum Gasteiger partial charge on any atom is -0.312 e. The quantitative estimate of drug-likeness (QED) is 0.729. The Hall–Kier alpha value is -2.66. The first-order valence-corrected chi connectivity index (χ1v) is 12.1. The van der Waals surface area contributed by atoms with Gasteiger partial charge >= 0.3 is 0 Å². The molecule has 4 bridgehead atoms. The molecule has 0 spiro atoms. The fraction of sp³-hybridized carbons (Fsp3) is 0.481. The van der Waals surface area contributed by atoms with Crippen molar-refractivity contribution in [3.8, 4) is 0 Å². The standard InChI is InChI=1S/C27H31N3O2/c28-25-26(31)29(11-10-22-19-13-17-12-18(15-19)16-20(22)14-17)23-8-4-5-9-24(23)30(27(25)32)21-6-2-1-3-7-21/h1-9,17-20,22,25H,10-16,28H2.